The highest BCUT2D eigenvalue weighted by Gasteiger charge is 2.15. The highest BCUT2D eigenvalue weighted by molar-refractivity contribution is 6.36. The highest BCUT2D eigenvalue weighted by atomic mass is 35.5. The average Bonchev–Trinajstić information content (AvgIpc) is 2.80. The van der Waals surface area contributed by atoms with Crippen molar-refractivity contribution in [3.05, 3.63) is 51.3 Å². The minimum Gasteiger partial charge on any atom is -0.294 e. The van der Waals surface area contributed by atoms with Crippen molar-refractivity contribution in [2.24, 2.45) is 0 Å². The number of Topliss-reactive ketones (excluding diaryl/α,β-unsaturated/α-hetero) is 1. The molecule has 2 rings (SSSR count). The van der Waals surface area contributed by atoms with E-state index in [4.69, 9.17) is 23.2 Å². The normalized spacial score (nSPS) is 10.8. The standard InChI is InChI=1S/C15H16Cl2N2O/c1-3-11-8-12(19(4-2)18-11)9-15(20)13-6-5-10(16)7-14(13)17/h5-8H,3-4,9H2,1-2H3. The summed E-state index contributed by atoms with van der Waals surface area (Å²) < 4.78 is 1.86. The third kappa shape index (κ3) is 3.22. The first kappa shape index (κ1) is 15.1. The Kier molecular flexibility index (Phi) is 4.84. The van der Waals surface area contributed by atoms with Crippen LogP contribution in [0.4, 0.5) is 0 Å². The van der Waals surface area contributed by atoms with Crippen LogP contribution in [0.1, 0.15) is 35.6 Å². The van der Waals surface area contributed by atoms with Gasteiger partial charge < -0.3 is 0 Å². The zero-order valence-electron chi connectivity index (χ0n) is 11.5. The fourth-order valence-electron chi connectivity index (χ4n) is 2.08. The van der Waals surface area contributed by atoms with Crippen LogP contribution in [0.15, 0.2) is 24.3 Å². The van der Waals surface area contributed by atoms with Crippen molar-refractivity contribution in [1.29, 1.82) is 0 Å². The highest BCUT2D eigenvalue weighted by Crippen LogP contribution is 2.22. The van der Waals surface area contributed by atoms with Crippen LogP contribution in [-0.2, 0) is 19.4 Å². The number of benzene rings is 1. The molecule has 0 unspecified atom stereocenters. The molecule has 1 aromatic heterocycles. The van der Waals surface area contributed by atoms with E-state index in [1.165, 1.54) is 0 Å². The third-order valence-corrected chi connectivity index (χ3v) is 3.70. The molecule has 0 amide bonds. The van der Waals surface area contributed by atoms with Gasteiger partial charge in [0.2, 0.25) is 0 Å². The number of aryl methyl sites for hydroxylation is 2. The van der Waals surface area contributed by atoms with Crippen LogP contribution in [-0.4, -0.2) is 15.6 Å². The number of carbonyl (C=O) groups is 1. The van der Waals surface area contributed by atoms with Gasteiger partial charge in [0.1, 0.15) is 0 Å². The zero-order valence-corrected chi connectivity index (χ0v) is 13.0. The molecule has 1 aromatic carbocycles. The molecule has 0 saturated carbocycles. The van der Waals surface area contributed by atoms with Gasteiger partial charge in [0.15, 0.2) is 5.78 Å². The lowest BCUT2D eigenvalue weighted by atomic mass is 10.1. The van der Waals surface area contributed by atoms with Crippen LogP contribution in [0.5, 0.6) is 0 Å². The topological polar surface area (TPSA) is 34.9 Å². The van der Waals surface area contributed by atoms with Gasteiger partial charge in [-0.2, -0.15) is 5.10 Å². The molecule has 3 nitrogen and oxygen atoms in total. The van der Waals surface area contributed by atoms with Gasteiger partial charge in [0.05, 0.1) is 17.1 Å². The summed E-state index contributed by atoms with van der Waals surface area (Å²) in [7, 11) is 0. The first-order chi connectivity index (χ1) is 9.55. The Morgan fingerprint density at radius 1 is 1.25 bits per heavy atom. The number of hydrogen-bond donors (Lipinski definition) is 0. The Morgan fingerprint density at radius 2 is 2.00 bits per heavy atom. The molecule has 1 heterocycles. The zero-order chi connectivity index (χ0) is 14.7. The second-order valence-corrected chi connectivity index (χ2v) is 5.36. The van der Waals surface area contributed by atoms with E-state index in [0.29, 0.717) is 22.0 Å². The summed E-state index contributed by atoms with van der Waals surface area (Å²) in [4.78, 5) is 12.3. The Bertz CT molecular complexity index is 635. The largest absolute Gasteiger partial charge is 0.294 e. The number of aromatic nitrogens is 2. The Labute approximate surface area is 128 Å². The molecule has 0 atom stereocenters. The summed E-state index contributed by atoms with van der Waals surface area (Å²) in [6.45, 7) is 4.80. The van der Waals surface area contributed by atoms with Crippen LogP contribution < -0.4 is 0 Å². The summed E-state index contributed by atoms with van der Waals surface area (Å²) in [5.41, 5.74) is 2.41. The fraction of sp³-hybridized carbons (Fsp3) is 0.333. The summed E-state index contributed by atoms with van der Waals surface area (Å²) in [5.74, 6) is -0.0241. The predicted octanol–water partition coefficient (Wildman–Crippen LogP) is 4.20. The van der Waals surface area contributed by atoms with Crippen LogP contribution in [0.2, 0.25) is 10.0 Å². The molecule has 0 saturated heterocycles. The van der Waals surface area contributed by atoms with Crippen molar-refractivity contribution in [3.8, 4) is 0 Å². The Morgan fingerprint density at radius 3 is 2.60 bits per heavy atom. The lowest BCUT2D eigenvalue weighted by Crippen LogP contribution is -2.10. The average molecular weight is 311 g/mol. The Hall–Kier alpha value is -1.32. The maximum absolute atomic E-state index is 12.3. The molecular formula is C15H16Cl2N2O. The number of rotatable bonds is 5. The summed E-state index contributed by atoms with van der Waals surface area (Å²) in [6.07, 6.45) is 1.15. The summed E-state index contributed by atoms with van der Waals surface area (Å²) in [6, 6.07) is 6.91. The molecule has 20 heavy (non-hydrogen) atoms. The Balaban J connectivity index is 2.25. The first-order valence-electron chi connectivity index (χ1n) is 6.59. The molecule has 0 aliphatic carbocycles. The van der Waals surface area contributed by atoms with Gasteiger partial charge in [-0.15, -0.1) is 0 Å². The van der Waals surface area contributed by atoms with Gasteiger partial charge >= 0.3 is 0 Å². The predicted molar refractivity (Wildman–Crippen MR) is 81.8 cm³/mol. The minimum atomic E-state index is -0.0241. The van der Waals surface area contributed by atoms with Crippen molar-refractivity contribution in [2.75, 3.05) is 0 Å². The molecule has 0 spiro atoms. The molecule has 0 aliphatic heterocycles. The maximum atomic E-state index is 12.3. The second kappa shape index (κ2) is 6.42. The van der Waals surface area contributed by atoms with Crippen molar-refractivity contribution in [1.82, 2.24) is 9.78 Å². The summed E-state index contributed by atoms with van der Waals surface area (Å²) >= 11 is 11.9. The number of nitrogens with zero attached hydrogens (tertiary/aromatic N) is 2. The van der Waals surface area contributed by atoms with Gasteiger partial charge in [-0.25, -0.2) is 0 Å². The van der Waals surface area contributed by atoms with E-state index in [2.05, 4.69) is 5.10 Å². The molecule has 5 heteroatoms. The van der Waals surface area contributed by atoms with Crippen molar-refractivity contribution in [2.45, 2.75) is 33.2 Å². The van der Waals surface area contributed by atoms with E-state index in [0.717, 1.165) is 24.4 Å². The van der Waals surface area contributed by atoms with Crippen molar-refractivity contribution >= 4 is 29.0 Å². The number of ketones is 1. The van der Waals surface area contributed by atoms with E-state index in [1.54, 1.807) is 18.2 Å². The summed E-state index contributed by atoms with van der Waals surface area (Å²) in [5, 5.41) is 5.36. The SMILES string of the molecule is CCc1cc(CC(=O)c2ccc(Cl)cc2Cl)n(CC)n1. The lowest BCUT2D eigenvalue weighted by molar-refractivity contribution is 0.0990. The fourth-order valence-corrected chi connectivity index (χ4v) is 2.59. The van der Waals surface area contributed by atoms with Crippen molar-refractivity contribution in [3.63, 3.8) is 0 Å². The van der Waals surface area contributed by atoms with Crippen LogP contribution >= 0.6 is 23.2 Å². The van der Waals surface area contributed by atoms with Crippen LogP contribution in [0.25, 0.3) is 0 Å². The molecule has 0 radical (unpaired) electrons. The molecule has 106 valence electrons. The minimum absolute atomic E-state index is 0.0241. The van der Waals surface area contributed by atoms with Gasteiger partial charge in [-0.3, -0.25) is 9.48 Å². The number of halogens is 2. The van der Waals surface area contributed by atoms with E-state index >= 15 is 0 Å². The lowest BCUT2D eigenvalue weighted by Gasteiger charge is -2.06. The molecule has 0 aliphatic rings. The molecule has 0 N–H and O–H groups in total. The van der Waals surface area contributed by atoms with Crippen LogP contribution in [0.3, 0.4) is 0 Å². The molecule has 0 fully saturated rings. The van der Waals surface area contributed by atoms with E-state index < -0.39 is 0 Å². The third-order valence-electron chi connectivity index (χ3n) is 3.15. The van der Waals surface area contributed by atoms with Gasteiger partial charge in [-0.1, -0.05) is 30.1 Å². The first-order valence-corrected chi connectivity index (χ1v) is 7.34. The second-order valence-electron chi connectivity index (χ2n) is 4.52. The van der Waals surface area contributed by atoms with E-state index in [1.807, 2.05) is 24.6 Å². The van der Waals surface area contributed by atoms with Gasteiger partial charge in [0, 0.05) is 22.8 Å². The van der Waals surface area contributed by atoms with E-state index in [-0.39, 0.29) is 5.78 Å². The monoisotopic (exact) mass is 310 g/mol. The quantitative estimate of drug-likeness (QED) is 0.776. The van der Waals surface area contributed by atoms with E-state index in [9.17, 15) is 4.79 Å². The van der Waals surface area contributed by atoms with Crippen LogP contribution in [0, 0.1) is 0 Å². The van der Waals surface area contributed by atoms with Crippen molar-refractivity contribution < 1.29 is 4.79 Å². The maximum Gasteiger partial charge on any atom is 0.170 e. The number of carbonyl (C=O) groups excluding carboxylic acids is 1. The molecular weight excluding hydrogens is 295 g/mol. The van der Waals surface area contributed by atoms with Gasteiger partial charge in [-0.05, 0) is 37.6 Å². The number of hydrogen-bond acceptors (Lipinski definition) is 2. The van der Waals surface area contributed by atoms with Gasteiger partial charge in [0.25, 0.3) is 0 Å². The smallest absolute Gasteiger partial charge is 0.170 e. The molecule has 2 aromatic rings. The molecule has 0 bridgehead atoms.